The van der Waals surface area contributed by atoms with Crippen LogP contribution in [0.15, 0.2) is 48.8 Å². The molecule has 0 unspecified atom stereocenters. The molecule has 27 heavy (non-hydrogen) atoms. The van der Waals surface area contributed by atoms with Crippen molar-refractivity contribution in [3.63, 3.8) is 0 Å². The Labute approximate surface area is 156 Å². The fraction of sp³-hybridized carbons (Fsp3) is 0.211. The largest absolute Gasteiger partial charge is 0.494 e. The lowest BCUT2D eigenvalue weighted by molar-refractivity contribution is 0.292. The number of nitrogens with zero attached hydrogens (tertiary/aromatic N) is 3. The number of pyridine rings is 1. The van der Waals surface area contributed by atoms with Crippen molar-refractivity contribution < 1.29 is 14.2 Å². The van der Waals surface area contributed by atoms with E-state index in [1.54, 1.807) is 30.6 Å². The van der Waals surface area contributed by atoms with Gasteiger partial charge in [-0.2, -0.15) is 4.98 Å². The lowest BCUT2D eigenvalue weighted by Gasteiger charge is -2.12. The van der Waals surface area contributed by atoms with Crippen molar-refractivity contribution >= 4 is 17.5 Å². The first kappa shape index (κ1) is 18.5. The van der Waals surface area contributed by atoms with Crippen LogP contribution in [0, 0.1) is 5.82 Å². The van der Waals surface area contributed by atoms with E-state index in [1.165, 1.54) is 13.2 Å². The molecule has 0 aliphatic carbocycles. The summed E-state index contributed by atoms with van der Waals surface area (Å²) in [5.41, 5.74) is 2.10. The van der Waals surface area contributed by atoms with Crippen LogP contribution in [-0.4, -0.2) is 40.3 Å². The third-order valence-corrected chi connectivity index (χ3v) is 3.74. The molecule has 2 aromatic heterocycles. The fourth-order valence-electron chi connectivity index (χ4n) is 2.43. The van der Waals surface area contributed by atoms with Crippen LogP contribution < -0.4 is 15.4 Å². The minimum atomic E-state index is -0.466. The molecule has 0 radical (unpaired) electrons. The van der Waals surface area contributed by atoms with Gasteiger partial charge in [0.2, 0.25) is 5.95 Å². The van der Waals surface area contributed by atoms with Crippen molar-refractivity contribution in [3.05, 3.63) is 54.6 Å². The van der Waals surface area contributed by atoms with Crippen molar-refractivity contribution in [2.45, 2.75) is 6.42 Å². The third kappa shape index (κ3) is 4.89. The monoisotopic (exact) mass is 369 g/mol. The van der Waals surface area contributed by atoms with Crippen LogP contribution in [0.4, 0.5) is 21.8 Å². The smallest absolute Gasteiger partial charge is 0.225 e. The number of aliphatic hydroxyl groups is 1. The van der Waals surface area contributed by atoms with Gasteiger partial charge in [-0.25, -0.2) is 9.37 Å². The van der Waals surface area contributed by atoms with Crippen molar-refractivity contribution in [2.24, 2.45) is 0 Å². The van der Waals surface area contributed by atoms with Crippen molar-refractivity contribution in [3.8, 4) is 17.0 Å². The molecule has 0 atom stereocenters. The molecular weight excluding hydrogens is 349 g/mol. The second-order valence-electron chi connectivity index (χ2n) is 5.68. The van der Waals surface area contributed by atoms with Crippen LogP contribution in [-0.2, 0) is 0 Å². The van der Waals surface area contributed by atoms with Crippen molar-refractivity contribution in [2.75, 3.05) is 30.9 Å². The lowest BCUT2D eigenvalue weighted by atomic mass is 10.2. The molecule has 0 saturated carbocycles. The fourth-order valence-corrected chi connectivity index (χ4v) is 2.43. The number of aromatic nitrogens is 3. The molecule has 140 valence electrons. The number of aliphatic hydroxyl groups excluding tert-OH is 1. The summed E-state index contributed by atoms with van der Waals surface area (Å²) in [4.78, 5) is 12.9. The first-order valence-electron chi connectivity index (χ1n) is 8.44. The summed E-state index contributed by atoms with van der Waals surface area (Å²) in [6.45, 7) is 0.611. The minimum absolute atomic E-state index is 0.0767. The molecular formula is C19H20FN5O2. The van der Waals surface area contributed by atoms with Gasteiger partial charge in [0.05, 0.1) is 12.8 Å². The van der Waals surface area contributed by atoms with Gasteiger partial charge in [0, 0.05) is 48.9 Å². The predicted octanol–water partition coefficient (Wildman–Crippen LogP) is 3.22. The van der Waals surface area contributed by atoms with Crippen molar-refractivity contribution in [1.82, 2.24) is 15.0 Å². The van der Waals surface area contributed by atoms with Gasteiger partial charge in [-0.15, -0.1) is 0 Å². The van der Waals surface area contributed by atoms with Crippen LogP contribution in [0.3, 0.4) is 0 Å². The van der Waals surface area contributed by atoms with E-state index in [0.29, 0.717) is 36.1 Å². The normalized spacial score (nSPS) is 10.5. The van der Waals surface area contributed by atoms with Gasteiger partial charge < -0.3 is 20.5 Å². The number of ether oxygens (including phenoxy) is 1. The predicted molar refractivity (Wildman–Crippen MR) is 102 cm³/mol. The Balaban J connectivity index is 1.90. The quantitative estimate of drug-likeness (QED) is 0.525. The van der Waals surface area contributed by atoms with Gasteiger partial charge in [0.15, 0.2) is 11.6 Å². The summed E-state index contributed by atoms with van der Waals surface area (Å²) >= 11 is 0. The zero-order valence-electron chi connectivity index (χ0n) is 14.8. The van der Waals surface area contributed by atoms with E-state index in [1.807, 2.05) is 12.1 Å². The van der Waals surface area contributed by atoms with Crippen LogP contribution in [0.2, 0.25) is 0 Å². The zero-order valence-corrected chi connectivity index (χ0v) is 14.8. The standard InChI is InChI=1S/C19H20FN5O2/c1-27-17-4-3-14(11-15(17)20)23-18-12-16(13-5-8-21-9-6-13)24-19(25-18)22-7-2-10-26/h3-6,8-9,11-12,26H,2,7,10H2,1H3,(H2,22,23,24,25). The van der Waals surface area contributed by atoms with E-state index in [9.17, 15) is 4.39 Å². The molecule has 0 fully saturated rings. The van der Waals surface area contributed by atoms with Gasteiger partial charge >= 0.3 is 0 Å². The number of methoxy groups -OCH3 is 1. The topological polar surface area (TPSA) is 92.2 Å². The molecule has 3 N–H and O–H groups in total. The minimum Gasteiger partial charge on any atom is -0.494 e. The van der Waals surface area contributed by atoms with E-state index in [0.717, 1.165) is 5.56 Å². The van der Waals surface area contributed by atoms with E-state index in [-0.39, 0.29) is 12.4 Å². The molecule has 0 aliphatic rings. The van der Waals surface area contributed by atoms with Gasteiger partial charge in [-0.05, 0) is 30.7 Å². The second kappa shape index (κ2) is 8.91. The summed E-state index contributed by atoms with van der Waals surface area (Å²) < 4.78 is 18.9. The van der Waals surface area contributed by atoms with Gasteiger partial charge in [0.1, 0.15) is 5.82 Å². The maximum Gasteiger partial charge on any atom is 0.225 e. The summed E-state index contributed by atoms with van der Waals surface area (Å²) in [5.74, 6) is 0.626. The molecule has 2 heterocycles. The number of rotatable bonds is 8. The highest BCUT2D eigenvalue weighted by Gasteiger charge is 2.09. The number of anilines is 3. The highest BCUT2D eigenvalue weighted by Crippen LogP contribution is 2.26. The van der Waals surface area contributed by atoms with Gasteiger partial charge in [0.25, 0.3) is 0 Å². The first-order valence-corrected chi connectivity index (χ1v) is 8.44. The molecule has 3 rings (SSSR count). The van der Waals surface area contributed by atoms with Crippen LogP contribution in [0.25, 0.3) is 11.3 Å². The number of hydrogen-bond acceptors (Lipinski definition) is 7. The highest BCUT2D eigenvalue weighted by atomic mass is 19.1. The van der Waals surface area contributed by atoms with E-state index < -0.39 is 5.82 Å². The Bertz CT molecular complexity index is 893. The van der Waals surface area contributed by atoms with Crippen LogP contribution in [0.5, 0.6) is 5.75 Å². The summed E-state index contributed by atoms with van der Waals surface area (Å²) in [6, 6.07) is 10.0. The first-order chi connectivity index (χ1) is 13.2. The highest BCUT2D eigenvalue weighted by molar-refractivity contribution is 5.67. The molecule has 3 aromatic rings. The van der Waals surface area contributed by atoms with E-state index in [4.69, 9.17) is 9.84 Å². The molecule has 0 saturated heterocycles. The number of hydrogen-bond donors (Lipinski definition) is 3. The molecule has 7 nitrogen and oxygen atoms in total. The summed E-state index contributed by atoms with van der Waals surface area (Å²) in [5, 5.41) is 15.1. The van der Waals surface area contributed by atoms with Crippen molar-refractivity contribution in [1.29, 1.82) is 0 Å². The van der Waals surface area contributed by atoms with E-state index >= 15 is 0 Å². The Morgan fingerprint density at radius 1 is 1.11 bits per heavy atom. The number of halogens is 1. The summed E-state index contributed by atoms with van der Waals surface area (Å²) in [7, 11) is 1.42. The average molecular weight is 369 g/mol. The molecule has 0 spiro atoms. The number of benzene rings is 1. The Kier molecular flexibility index (Phi) is 6.11. The van der Waals surface area contributed by atoms with E-state index in [2.05, 4.69) is 25.6 Å². The molecule has 0 bridgehead atoms. The number of nitrogens with one attached hydrogen (secondary N) is 2. The molecule has 8 heteroatoms. The Morgan fingerprint density at radius 3 is 2.63 bits per heavy atom. The van der Waals surface area contributed by atoms with Crippen LogP contribution >= 0.6 is 0 Å². The molecule has 1 aromatic carbocycles. The maximum atomic E-state index is 13.9. The third-order valence-electron chi connectivity index (χ3n) is 3.74. The SMILES string of the molecule is COc1ccc(Nc2cc(-c3ccncc3)nc(NCCCO)n2)cc1F. The Hall–Kier alpha value is -3.26. The Morgan fingerprint density at radius 2 is 1.93 bits per heavy atom. The molecule has 0 amide bonds. The molecule has 0 aliphatic heterocycles. The maximum absolute atomic E-state index is 13.9. The van der Waals surface area contributed by atoms with Gasteiger partial charge in [-0.3, -0.25) is 4.98 Å². The van der Waals surface area contributed by atoms with Crippen LogP contribution in [0.1, 0.15) is 6.42 Å². The van der Waals surface area contributed by atoms with Gasteiger partial charge in [-0.1, -0.05) is 0 Å². The lowest BCUT2D eigenvalue weighted by Crippen LogP contribution is -2.08. The summed E-state index contributed by atoms with van der Waals surface area (Å²) in [6.07, 6.45) is 3.94. The average Bonchev–Trinajstić information content (AvgIpc) is 2.69. The second-order valence-corrected chi connectivity index (χ2v) is 5.68. The zero-order chi connectivity index (χ0) is 19.1.